The number of aliphatic hydroxyl groups is 1. The maximum Gasteiger partial charge on any atom is 0.217 e. The quantitative estimate of drug-likeness (QED) is 0.529. The van der Waals surface area contributed by atoms with Crippen LogP contribution in [0.4, 0.5) is 0 Å². The molecule has 0 radical (unpaired) electrons. The van der Waals surface area contributed by atoms with E-state index in [1.807, 2.05) is 7.05 Å². The van der Waals surface area contributed by atoms with Gasteiger partial charge in [0, 0.05) is 13.0 Å². The van der Waals surface area contributed by atoms with Gasteiger partial charge in [-0.25, -0.2) is 0 Å². The summed E-state index contributed by atoms with van der Waals surface area (Å²) in [6.07, 6.45) is 6.04. The van der Waals surface area contributed by atoms with Gasteiger partial charge in [0.25, 0.3) is 0 Å². The molecule has 0 atom stereocenters. The number of nitrogens with two attached hydrogens (primary N) is 1. The van der Waals surface area contributed by atoms with Gasteiger partial charge in [-0.1, -0.05) is 19.3 Å². The zero-order valence-corrected chi connectivity index (χ0v) is 9.74. The van der Waals surface area contributed by atoms with E-state index in [-0.39, 0.29) is 12.5 Å². The Morgan fingerprint density at radius 1 is 1.13 bits per heavy atom. The highest BCUT2D eigenvalue weighted by molar-refractivity contribution is 5.73. The molecule has 0 aliphatic rings. The zero-order valence-electron chi connectivity index (χ0n) is 9.74. The fourth-order valence-electron chi connectivity index (χ4n) is 1.49. The number of amides is 1. The Bertz CT molecular complexity index is 163. The third kappa shape index (κ3) is 11.3. The largest absolute Gasteiger partial charge is 0.395 e. The molecular weight excluding hydrogens is 192 g/mol. The summed E-state index contributed by atoms with van der Waals surface area (Å²) < 4.78 is 0. The van der Waals surface area contributed by atoms with Crippen molar-refractivity contribution in [3.63, 3.8) is 0 Å². The van der Waals surface area contributed by atoms with Crippen LogP contribution in [0.5, 0.6) is 0 Å². The predicted octanol–water partition coefficient (Wildman–Crippen LogP) is 0.736. The molecule has 15 heavy (non-hydrogen) atoms. The molecule has 0 fully saturated rings. The normalized spacial score (nSPS) is 10.9. The maximum absolute atomic E-state index is 10.4. The number of carbonyl (C=O) groups is 1. The second-order valence-corrected chi connectivity index (χ2v) is 4.01. The van der Waals surface area contributed by atoms with Gasteiger partial charge in [-0.15, -0.1) is 0 Å². The van der Waals surface area contributed by atoms with Crippen LogP contribution in [0.1, 0.15) is 38.5 Å². The summed E-state index contributed by atoms with van der Waals surface area (Å²) in [5.74, 6) is -0.197. The van der Waals surface area contributed by atoms with Crippen molar-refractivity contribution in [2.45, 2.75) is 38.5 Å². The maximum atomic E-state index is 10.4. The van der Waals surface area contributed by atoms with E-state index in [9.17, 15) is 4.79 Å². The molecule has 0 aliphatic carbocycles. The highest BCUT2D eigenvalue weighted by atomic mass is 16.3. The highest BCUT2D eigenvalue weighted by Crippen LogP contribution is 2.05. The van der Waals surface area contributed by atoms with Crippen molar-refractivity contribution in [1.82, 2.24) is 4.90 Å². The molecule has 0 rings (SSSR count). The van der Waals surface area contributed by atoms with Crippen LogP contribution in [0.25, 0.3) is 0 Å². The van der Waals surface area contributed by atoms with Gasteiger partial charge in [-0.05, 0) is 26.4 Å². The van der Waals surface area contributed by atoms with E-state index in [4.69, 9.17) is 10.8 Å². The number of rotatable bonds is 10. The van der Waals surface area contributed by atoms with Crippen LogP contribution in [0, 0.1) is 0 Å². The highest BCUT2D eigenvalue weighted by Gasteiger charge is 1.97. The number of carbonyl (C=O) groups excluding carboxylic acids is 1. The molecule has 0 aliphatic heterocycles. The van der Waals surface area contributed by atoms with Crippen molar-refractivity contribution in [3.8, 4) is 0 Å². The average molecular weight is 216 g/mol. The molecule has 0 aromatic carbocycles. The van der Waals surface area contributed by atoms with E-state index in [0.717, 1.165) is 32.4 Å². The second kappa shape index (κ2) is 9.93. The van der Waals surface area contributed by atoms with Gasteiger partial charge in [0.05, 0.1) is 6.61 Å². The molecule has 0 bridgehead atoms. The SMILES string of the molecule is CN(CCO)CCCCCCCC(N)=O. The lowest BCUT2D eigenvalue weighted by Crippen LogP contribution is -2.23. The third-order valence-corrected chi connectivity index (χ3v) is 2.44. The van der Waals surface area contributed by atoms with Crippen LogP contribution in [-0.4, -0.2) is 42.7 Å². The summed E-state index contributed by atoms with van der Waals surface area (Å²) >= 11 is 0. The van der Waals surface area contributed by atoms with E-state index in [2.05, 4.69) is 4.90 Å². The monoisotopic (exact) mass is 216 g/mol. The van der Waals surface area contributed by atoms with Gasteiger partial charge in [0.2, 0.25) is 5.91 Å². The summed E-state index contributed by atoms with van der Waals surface area (Å²) in [6.45, 7) is 2.02. The molecule has 90 valence electrons. The van der Waals surface area contributed by atoms with Gasteiger partial charge in [-0.2, -0.15) is 0 Å². The fourth-order valence-corrected chi connectivity index (χ4v) is 1.49. The van der Waals surface area contributed by atoms with Gasteiger partial charge in [-0.3, -0.25) is 4.79 Å². The number of nitrogens with zero attached hydrogens (tertiary/aromatic N) is 1. The van der Waals surface area contributed by atoms with E-state index >= 15 is 0 Å². The second-order valence-electron chi connectivity index (χ2n) is 4.01. The van der Waals surface area contributed by atoms with Crippen LogP contribution in [0.2, 0.25) is 0 Å². The lowest BCUT2D eigenvalue weighted by Gasteiger charge is -2.14. The molecule has 0 heterocycles. The Labute approximate surface area is 92.4 Å². The summed E-state index contributed by atoms with van der Waals surface area (Å²) in [5, 5.41) is 8.68. The lowest BCUT2D eigenvalue weighted by atomic mass is 10.1. The summed E-state index contributed by atoms with van der Waals surface area (Å²) in [6, 6.07) is 0. The summed E-state index contributed by atoms with van der Waals surface area (Å²) in [7, 11) is 2.02. The van der Waals surface area contributed by atoms with Crippen molar-refractivity contribution in [1.29, 1.82) is 0 Å². The number of hydrogen-bond donors (Lipinski definition) is 2. The van der Waals surface area contributed by atoms with Gasteiger partial charge < -0.3 is 15.7 Å². The smallest absolute Gasteiger partial charge is 0.217 e. The average Bonchev–Trinajstić information content (AvgIpc) is 2.16. The molecule has 0 aromatic heterocycles. The van der Waals surface area contributed by atoms with Crippen LogP contribution in [0.15, 0.2) is 0 Å². The Hall–Kier alpha value is -0.610. The van der Waals surface area contributed by atoms with Crippen molar-refractivity contribution >= 4 is 5.91 Å². The Morgan fingerprint density at radius 3 is 2.33 bits per heavy atom. The van der Waals surface area contributed by atoms with Gasteiger partial charge in [0.1, 0.15) is 0 Å². The summed E-state index contributed by atoms with van der Waals surface area (Å²) in [5.41, 5.74) is 5.04. The predicted molar refractivity (Wildman–Crippen MR) is 61.5 cm³/mol. The van der Waals surface area contributed by atoms with Gasteiger partial charge in [0.15, 0.2) is 0 Å². The molecule has 0 saturated heterocycles. The number of hydrogen-bond acceptors (Lipinski definition) is 3. The van der Waals surface area contributed by atoms with E-state index in [1.165, 1.54) is 12.8 Å². The zero-order chi connectivity index (χ0) is 11.5. The first-order chi connectivity index (χ1) is 7.16. The molecular formula is C11H24N2O2. The number of aliphatic hydroxyl groups excluding tert-OH is 1. The topological polar surface area (TPSA) is 66.6 Å². The first kappa shape index (κ1) is 14.4. The molecule has 0 spiro atoms. The number of unbranched alkanes of at least 4 members (excludes halogenated alkanes) is 4. The molecule has 1 amide bonds. The molecule has 4 heteroatoms. The minimum atomic E-state index is -0.197. The van der Waals surface area contributed by atoms with Crippen molar-refractivity contribution in [2.24, 2.45) is 5.73 Å². The minimum absolute atomic E-state index is 0.197. The first-order valence-corrected chi connectivity index (χ1v) is 5.74. The van der Waals surface area contributed by atoms with Crippen LogP contribution < -0.4 is 5.73 Å². The molecule has 0 unspecified atom stereocenters. The van der Waals surface area contributed by atoms with E-state index in [1.54, 1.807) is 0 Å². The van der Waals surface area contributed by atoms with Crippen LogP contribution in [0.3, 0.4) is 0 Å². The lowest BCUT2D eigenvalue weighted by molar-refractivity contribution is -0.118. The summed E-state index contributed by atoms with van der Waals surface area (Å²) in [4.78, 5) is 12.6. The molecule has 0 aromatic rings. The van der Waals surface area contributed by atoms with Crippen molar-refractivity contribution < 1.29 is 9.90 Å². The number of likely N-dealkylation sites (N-methyl/N-ethyl adjacent to an activating group) is 1. The number of primary amides is 1. The molecule has 4 nitrogen and oxygen atoms in total. The Balaban J connectivity index is 3.07. The van der Waals surface area contributed by atoms with Crippen molar-refractivity contribution in [2.75, 3.05) is 26.7 Å². The third-order valence-electron chi connectivity index (χ3n) is 2.44. The van der Waals surface area contributed by atoms with Gasteiger partial charge >= 0.3 is 0 Å². The Kier molecular flexibility index (Phi) is 9.52. The van der Waals surface area contributed by atoms with Crippen LogP contribution >= 0.6 is 0 Å². The molecule has 3 N–H and O–H groups in total. The van der Waals surface area contributed by atoms with Crippen LogP contribution in [-0.2, 0) is 4.79 Å². The van der Waals surface area contributed by atoms with E-state index < -0.39 is 0 Å². The fraction of sp³-hybridized carbons (Fsp3) is 0.909. The van der Waals surface area contributed by atoms with E-state index in [0.29, 0.717) is 6.42 Å². The standard InChI is InChI=1S/C11H24N2O2/c1-13(9-10-14)8-6-4-2-3-5-7-11(12)15/h14H,2-10H2,1H3,(H2,12,15). The Morgan fingerprint density at radius 2 is 1.73 bits per heavy atom. The molecule has 0 saturated carbocycles. The minimum Gasteiger partial charge on any atom is -0.395 e. The van der Waals surface area contributed by atoms with Crippen molar-refractivity contribution in [3.05, 3.63) is 0 Å². The first-order valence-electron chi connectivity index (χ1n) is 5.74.